The van der Waals surface area contributed by atoms with Crippen LogP contribution in [0.25, 0.3) is 0 Å². The summed E-state index contributed by atoms with van der Waals surface area (Å²) in [6.07, 6.45) is 6.27. The Morgan fingerprint density at radius 1 is 1.16 bits per heavy atom. The lowest BCUT2D eigenvalue weighted by molar-refractivity contribution is 0.0917. The molecule has 0 bridgehead atoms. The molecule has 1 saturated heterocycles. The highest BCUT2D eigenvalue weighted by atomic mass is 16.3. The van der Waals surface area contributed by atoms with Gasteiger partial charge in [-0.1, -0.05) is 0 Å². The summed E-state index contributed by atoms with van der Waals surface area (Å²) in [6, 6.07) is 10.8. The summed E-state index contributed by atoms with van der Waals surface area (Å²) in [5, 5.41) is 10.4. The monoisotopic (exact) mass is 337 g/mol. The molecule has 1 aliphatic carbocycles. The summed E-state index contributed by atoms with van der Waals surface area (Å²) in [6.45, 7) is 0.992. The summed E-state index contributed by atoms with van der Waals surface area (Å²) in [5.74, 6) is 1.47. The van der Waals surface area contributed by atoms with E-state index in [2.05, 4.69) is 22.0 Å². The Bertz CT molecular complexity index is 782. The summed E-state index contributed by atoms with van der Waals surface area (Å²) in [5.41, 5.74) is 3.06. The van der Waals surface area contributed by atoms with Gasteiger partial charge in [0.25, 0.3) is 5.91 Å². The van der Waals surface area contributed by atoms with E-state index in [1.54, 1.807) is 6.26 Å². The predicted octanol–water partition coefficient (Wildman–Crippen LogP) is 3.38. The number of carbonyl (C=O) groups excluding carboxylic acids is 1. The maximum atomic E-state index is 12.5. The van der Waals surface area contributed by atoms with E-state index in [0.29, 0.717) is 12.0 Å². The van der Waals surface area contributed by atoms with E-state index in [0.717, 1.165) is 42.8 Å². The first-order chi connectivity index (χ1) is 12.3. The van der Waals surface area contributed by atoms with Gasteiger partial charge in [0.05, 0.1) is 12.3 Å². The van der Waals surface area contributed by atoms with Crippen molar-refractivity contribution in [1.82, 2.24) is 10.6 Å². The van der Waals surface area contributed by atoms with Crippen molar-refractivity contribution in [2.75, 3.05) is 11.9 Å². The minimum atomic E-state index is 0.0511. The second-order valence-electron chi connectivity index (χ2n) is 7.43. The standard InChI is InChI=1S/C20H23N3O2/c24-20(22-13-3-1-4-13)12-6-7-16-15(11-12)18-14(8-9-21-18)19(23-16)17-5-2-10-25-17/h2,5-7,10-11,13-14,18-19,21,23H,1,3-4,8-9H2,(H,22,24)/t14-,18+,19?/m1/s1. The van der Waals surface area contributed by atoms with Gasteiger partial charge in [-0.3, -0.25) is 4.79 Å². The molecule has 25 heavy (non-hydrogen) atoms. The molecule has 130 valence electrons. The van der Waals surface area contributed by atoms with Gasteiger partial charge in [0.2, 0.25) is 0 Å². The first kappa shape index (κ1) is 15.0. The quantitative estimate of drug-likeness (QED) is 0.803. The summed E-state index contributed by atoms with van der Waals surface area (Å²) < 4.78 is 5.67. The molecule has 1 aromatic carbocycles. The molecule has 2 fully saturated rings. The van der Waals surface area contributed by atoms with Crippen LogP contribution in [-0.2, 0) is 0 Å². The number of nitrogens with one attached hydrogen (secondary N) is 3. The largest absolute Gasteiger partial charge is 0.467 e. The Kier molecular flexibility index (Phi) is 3.55. The fraction of sp³-hybridized carbons (Fsp3) is 0.450. The van der Waals surface area contributed by atoms with Crippen LogP contribution in [0.4, 0.5) is 5.69 Å². The average Bonchev–Trinajstić information content (AvgIpc) is 3.28. The number of carbonyl (C=O) groups is 1. The molecule has 1 unspecified atom stereocenters. The van der Waals surface area contributed by atoms with E-state index < -0.39 is 0 Å². The van der Waals surface area contributed by atoms with Crippen molar-refractivity contribution in [2.45, 2.75) is 43.8 Å². The lowest BCUT2D eigenvalue weighted by atomic mass is 9.81. The third kappa shape index (κ3) is 2.54. The van der Waals surface area contributed by atoms with Crippen LogP contribution in [0, 0.1) is 5.92 Å². The molecule has 3 atom stereocenters. The fourth-order valence-electron chi connectivity index (χ4n) is 4.36. The molecule has 5 rings (SSSR count). The van der Waals surface area contributed by atoms with E-state index >= 15 is 0 Å². The molecule has 2 aliphatic heterocycles. The van der Waals surface area contributed by atoms with Gasteiger partial charge in [-0.05, 0) is 68.1 Å². The molecule has 5 heteroatoms. The molecule has 2 aromatic rings. The third-order valence-corrected chi connectivity index (χ3v) is 5.95. The number of fused-ring (bicyclic) bond motifs is 3. The normalized spacial score (nSPS) is 27.8. The zero-order valence-electron chi connectivity index (χ0n) is 14.1. The van der Waals surface area contributed by atoms with Gasteiger partial charge in [-0.15, -0.1) is 0 Å². The van der Waals surface area contributed by atoms with Crippen molar-refractivity contribution < 1.29 is 9.21 Å². The smallest absolute Gasteiger partial charge is 0.251 e. The van der Waals surface area contributed by atoms with Crippen molar-refractivity contribution in [2.24, 2.45) is 5.92 Å². The SMILES string of the molecule is O=C(NC1CCC1)c1ccc2c(c1)[C@H]1NCC[C@H]1C(c1ccco1)N2. The minimum Gasteiger partial charge on any atom is -0.467 e. The van der Waals surface area contributed by atoms with Crippen molar-refractivity contribution in [1.29, 1.82) is 0 Å². The van der Waals surface area contributed by atoms with Gasteiger partial charge in [0.1, 0.15) is 5.76 Å². The highest BCUT2D eigenvalue weighted by Gasteiger charge is 2.41. The molecule has 1 saturated carbocycles. The van der Waals surface area contributed by atoms with Gasteiger partial charge >= 0.3 is 0 Å². The topological polar surface area (TPSA) is 66.3 Å². The van der Waals surface area contributed by atoms with E-state index in [9.17, 15) is 4.79 Å². The van der Waals surface area contributed by atoms with Gasteiger partial charge in [0, 0.05) is 29.3 Å². The number of amides is 1. The van der Waals surface area contributed by atoms with Crippen molar-refractivity contribution in [3.63, 3.8) is 0 Å². The Balaban J connectivity index is 1.45. The Labute approximate surface area is 147 Å². The second kappa shape index (κ2) is 5.92. The van der Waals surface area contributed by atoms with E-state index in [1.807, 2.05) is 24.3 Å². The maximum absolute atomic E-state index is 12.5. The van der Waals surface area contributed by atoms with Gasteiger partial charge in [-0.2, -0.15) is 0 Å². The van der Waals surface area contributed by atoms with Crippen LogP contribution in [0.15, 0.2) is 41.0 Å². The molecule has 3 N–H and O–H groups in total. The highest BCUT2D eigenvalue weighted by Crippen LogP contribution is 2.47. The lowest BCUT2D eigenvalue weighted by Gasteiger charge is -2.36. The molecule has 5 nitrogen and oxygen atoms in total. The molecular formula is C20H23N3O2. The number of hydrogen-bond donors (Lipinski definition) is 3. The molecule has 1 aromatic heterocycles. The zero-order valence-corrected chi connectivity index (χ0v) is 14.1. The zero-order chi connectivity index (χ0) is 16.8. The summed E-state index contributed by atoms with van der Waals surface area (Å²) in [7, 11) is 0. The lowest BCUT2D eigenvalue weighted by Crippen LogP contribution is -2.39. The molecule has 3 heterocycles. The van der Waals surface area contributed by atoms with Crippen LogP contribution in [0.2, 0.25) is 0 Å². The van der Waals surface area contributed by atoms with Crippen LogP contribution in [-0.4, -0.2) is 18.5 Å². The summed E-state index contributed by atoms with van der Waals surface area (Å²) >= 11 is 0. The van der Waals surface area contributed by atoms with Crippen molar-refractivity contribution >= 4 is 11.6 Å². The van der Waals surface area contributed by atoms with Crippen LogP contribution in [0.3, 0.4) is 0 Å². The van der Waals surface area contributed by atoms with Gasteiger partial charge in [0.15, 0.2) is 0 Å². The fourth-order valence-corrected chi connectivity index (χ4v) is 4.36. The molecular weight excluding hydrogens is 314 g/mol. The summed E-state index contributed by atoms with van der Waals surface area (Å²) in [4.78, 5) is 12.5. The average molecular weight is 337 g/mol. The van der Waals surface area contributed by atoms with E-state index in [-0.39, 0.29) is 18.0 Å². The number of benzene rings is 1. The van der Waals surface area contributed by atoms with Crippen LogP contribution in [0.5, 0.6) is 0 Å². The van der Waals surface area contributed by atoms with E-state index in [4.69, 9.17) is 4.42 Å². The Hall–Kier alpha value is -2.27. The molecule has 3 aliphatic rings. The molecule has 0 radical (unpaired) electrons. The first-order valence-electron chi connectivity index (χ1n) is 9.28. The van der Waals surface area contributed by atoms with E-state index in [1.165, 1.54) is 12.0 Å². The predicted molar refractivity (Wildman–Crippen MR) is 95.5 cm³/mol. The van der Waals surface area contributed by atoms with Gasteiger partial charge < -0.3 is 20.4 Å². The minimum absolute atomic E-state index is 0.0511. The van der Waals surface area contributed by atoms with Crippen molar-refractivity contribution in [3.05, 3.63) is 53.5 Å². The number of anilines is 1. The second-order valence-corrected chi connectivity index (χ2v) is 7.43. The van der Waals surface area contributed by atoms with Gasteiger partial charge in [-0.25, -0.2) is 0 Å². The van der Waals surface area contributed by atoms with Crippen LogP contribution in [0.1, 0.15) is 59.4 Å². The Morgan fingerprint density at radius 2 is 2.08 bits per heavy atom. The highest BCUT2D eigenvalue weighted by molar-refractivity contribution is 5.95. The van der Waals surface area contributed by atoms with Crippen LogP contribution < -0.4 is 16.0 Å². The molecule has 0 spiro atoms. The maximum Gasteiger partial charge on any atom is 0.251 e. The van der Waals surface area contributed by atoms with Crippen molar-refractivity contribution in [3.8, 4) is 0 Å². The number of hydrogen-bond acceptors (Lipinski definition) is 4. The third-order valence-electron chi connectivity index (χ3n) is 5.95. The Morgan fingerprint density at radius 3 is 2.84 bits per heavy atom. The van der Waals surface area contributed by atoms with Crippen LogP contribution >= 0.6 is 0 Å². The number of furan rings is 1. The first-order valence-corrected chi connectivity index (χ1v) is 9.28. The number of rotatable bonds is 3. The molecule has 1 amide bonds.